The molecule has 0 saturated carbocycles. The molecule has 0 amide bonds. The summed E-state index contributed by atoms with van der Waals surface area (Å²) in [5, 5.41) is 7.72. The van der Waals surface area contributed by atoms with E-state index in [0.717, 1.165) is 8.95 Å². The van der Waals surface area contributed by atoms with Crippen LogP contribution in [0, 0.1) is 13.8 Å². The maximum absolute atomic E-state index is 3.75. The molecule has 0 heterocycles. The van der Waals surface area contributed by atoms with Crippen LogP contribution in [-0.4, -0.2) is 0 Å². The minimum atomic E-state index is 1.15. The number of rotatable bonds is 0. The Hall–Kier alpha value is -1.38. The summed E-state index contributed by atoms with van der Waals surface area (Å²) in [4.78, 5) is 0. The third kappa shape index (κ3) is 2.09. The fourth-order valence-electron chi connectivity index (χ4n) is 3.19. The van der Waals surface area contributed by atoms with Crippen molar-refractivity contribution in [1.82, 2.24) is 0 Å². The van der Waals surface area contributed by atoms with E-state index in [0.29, 0.717) is 0 Å². The maximum Gasteiger partial charge on any atom is 0.0260 e. The molecule has 0 bridgehead atoms. The lowest BCUT2D eigenvalue weighted by atomic mass is 9.95. The van der Waals surface area contributed by atoms with Crippen LogP contribution in [0.5, 0.6) is 0 Å². The molecule has 0 unspecified atom stereocenters. The van der Waals surface area contributed by atoms with Gasteiger partial charge in [-0.3, -0.25) is 0 Å². The summed E-state index contributed by atoms with van der Waals surface area (Å²) < 4.78 is 2.31. The first-order chi connectivity index (χ1) is 10.5. The smallest absolute Gasteiger partial charge is 0.0260 e. The number of fused-ring (bicyclic) bond motifs is 5. The SMILES string of the molecule is Cc1ccc2c(Br)cc3c4cc(C)ccc4c(Br)cc3c2c1. The van der Waals surface area contributed by atoms with Crippen molar-refractivity contribution < 1.29 is 0 Å². The lowest BCUT2D eigenvalue weighted by Crippen LogP contribution is -1.86. The molecular weight excluding hydrogens is 400 g/mol. The van der Waals surface area contributed by atoms with Gasteiger partial charge in [-0.15, -0.1) is 0 Å². The second kappa shape index (κ2) is 5.07. The van der Waals surface area contributed by atoms with E-state index in [1.54, 1.807) is 0 Å². The highest BCUT2D eigenvalue weighted by Crippen LogP contribution is 2.39. The van der Waals surface area contributed by atoms with Crippen LogP contribution in [0.4, 0.5) is 0 Å². The highest BCUT2D eigenvalue weighted by Gasteiger charge is 2.11. The predicted octanol–water partition coefficient (Wildman–Crippen LogP) is 7.29. The Morgan fingerprint density at radius 1 is 0.500 bits per heavy atom. The molecule has 0 spiro atoms. The van der Waals surface area contributed by atoms with Crippen LogP contribution < -0.4 is 0 Å². The quantitative estimate of drug-likeness (QED) is 0.265. The topological polar surface area (TPSA) is 0 Å². The van der Waals surface area contributed by atoms with Gasteiger partial charge >= 0.3 is 0 Å². The number of hydrogen-bond donors (Lipinski definition) is 0. The molecule has 0 N–H and O–H groups in total. The van der Waals surface area contributed by atoms with Gasteiger partial charge in [0.15, 0.2) is 0 Å². The Balaban J connectivity index is 2.34. The normalized spacial score (nSPS) is 11.6. The molecule has 0 fully saturated rings. The van der Waals surface area contributed by atoms with Gasteiger partial charge in [-0.1, -0.05) is 79.4 Å². The summed E-state index contributed by atoms with van der Waals surface area (Å²) >= 11 is 7.51. The Bertz CT molecular complexity index is 975. The number of benzene rings is 4. The third-order valence-electron chi connectivity index (χ3n) is 4.28. The molecule has 0 saturated heterocycles. The average Bonchev–Trinajstić information content (AvgIpc) is 2.48. The Morgan fingerprint density at radius 3 is 1.27 bits per heavy atom. The van der Waals surface area contributed by atoms with Crippen molar-refractivity contribution in [3.8, 4) is 0 Å². The van der Waals surface area contributed by atoms with Crippen molar-refractivity contribution in [2.24, 2.45) is 0 Å². The van der Waals surface area contributed by atoms with Crippen molar-refractivity contribution in [1.29, 1.82) is 0 Å². The fraction of sp³-hybridized carbons (Fsp3) is 0.100. The maximum atomic E-state index is 3.75. The Labute approximate surface area is 146 Å². The van der Waals surface area contributed by atoms with Crippen molar-refractivity contribution in [3.05, 3.63) is 68.6 Å². The van der Waals surface area contributed by atoms with E-state index in [9.17, 15) is 0 Å². The molecule has 108 valence electrons. The van der Waals surface area contributed by atoms with Crippen LogP contribution in [0.3, 0.4) is 0 Å². The number of hydrogen-bond acceptors (Lipinski definition) is 0. The minimum Gasteiger partial charge on any atom is -0.0586 e. The number of aryl methyl sites for hydroxylation is 2. The largest absolute Gasteiger partial charge is 0.0586 e. The first-order valence-corrected chi connectivity index (χ1v) is 8.84. The summed E-state index contributed by atoms with van der Waals surface area (Å²) in [6.07, 6.45) is 0. The van der Waals surface area contributed by atoms with Crippen LogP contribution in [-0.2, 0) is 0 Å². The summed E-state index contributed by atoms with van der Waals surface area (Å²) in [5.41, 5.74) is 2.57. The first kappa shape index (κ1) is 14.2. The van der Waals surface area contributed by atoms with Crippen LogP contribution in [0.2, 0.25) is 0 Å². The standard InChI is InChI=1S/C20H14Br2/c1-11-3-5-13-15(7-11)17-9-20(22)14-6-4-12(2)8-16(14)18(17)10-19(13)21/h3-10H,1-2H3. The van der Waals surface area contributed by atoms with Gasteiger partial charge < -0.3 is 0 Å². The average molecular weight is 414 g/mol. The van der Waals surface area contributed by atoms with Gasteiger partial charge in [0.1, 0.15) is 0 Å². The minimum absolute atomic E-state index is 1.15. The second-order valence-electron chi connectivity index (χ2n) is 5.91. The van der Waals surface area contributed by atoms with Gasteiger partial charge in [0, 0.05) is 8.95 Å². The lowest BCUT2D eigenvalue weighted by Gasteiger charge is -2.12. The lowest BCUT2D eigenvalue weighted by molar-refractivity contribution is 1.50. The van der Waals surface area contributed by atoms with Gasteiger partial charge in [-0.25, -0.2) is 0 Å². The van der Waals surface area contributed by atoms with Gasteiger partial charge in [-0.05, 0) is 58.3 Å². The van der Waals surface area contributed by atoms with Crippen LogP contribution in [0.25, 0.3) is 32.3 Å². The molecule has 22 heavy (non-hydrogen) atoms. The molecule has 0 radical (unpaired) electrons. The summed E-state index contributed by atoms with van der Waals surface area (Å²) in [5.74, 6) is 0. The van der Waals surface area contributed by atoms with Gasteiger partial charge in [-0.2, -0.15) is 0 Å². The zero-order valence-electron chi connectivity index (χ0n) is 12.4. The Morgan fingerprint density at radius 2 is 0.864 bits per heavy atom. The Kier molecular flexibility index (Phi) is 3.28. The van der Waals surface area contributed by atoms with Gasteiger partial charge in [0.05, 0.1) is 0 Å². The molecule has 0 aliphatic carbocycles. The van der Waals surface area contributed by atoms with Crippen LogP contribution in [0.1, 0.15) is 11.1 Å². The summed E-state index contributed by atoms with van der Waals surface area (Å²) in [6.45, 7) is 4.29. The molecule has 0 aliphatic heterocycles. The van der Waals surface area contributed by atoms with E-state index in [1.165, 1.54) is 43.4 Å². The van der Waals surface area contributed by atoms with Crippen molar-refractivity contribution in [2.45, 2.75) is 13.8 Å². The molecule has 4 aromatic rings. The molecule has 4 rings (SSSR count). The molecule has 0 nitrogen and oxygen atoms in total. The third-order valence-corrected chi connectivity index (χ3v) is 5.59. The monoisotopic (exact) mass is 412 g/mol. The number of halogens is 2. The highest BCUT2D eigenvalue weighted by atomic mass is 79.9. The van der Waals surface area contributed by atoms with Crippen LogP contribution >= 0.6 is 31.9 Å². The van der Waals surface area contributed by atoms with Crippen molar-refractivity contribution in [2.75, 3.05) is 0 Å². The van der Waals surface area contributed by atoms with E-state index < -0.39 is 0 Å². The highest BCUT2D eigenvalue weighted by molar-refractivity contribution is 9.11. The first-order valence-electron chi connectivity index (χ1n) is 7.26. The van der Waals surface area contributed by atoms with Crippen molar-refractivity contribution >= 4 is 64.2 Å². The zero-order valence-corrected chi connectivity index (χ0v) is 15.5. The van der Waals surface area contributed by atoms with Gasteiger partial charge in [0.25, 0.3) is 0 Å². The van der Waals surface area contributed by atoms with E-state index >= 15 is 0 Å². The van der Waals surface area contributed by atoms with Crippen molar-refractivity contribution in [3.63, 3.8) is 0 Å². The molecule has 0 aliphatic rings. The molecule has 0 atom stereocenters. The molecule has 2 heteroatoms. The fourth-order valence-corrected chi connectivity index (χ4v) is 4.34. The van der Waals surface area contributed by atoms with Crippen LogP contribution in [0.15, 0.2) is 57.5 Å². The predicted molar refractivity (Wildman–Crippen MR) is 104 cm³/mol. The zero-order chi connectivity index (χ0) is 15.4. The summed E-state index contributed by atoms with van der Waals surface area (Å²) in [7, 11) is 0. The van der Waals surface area contributed by atoms with E-state index in [-0.39, 0.29) is 0 Å². The second-order valence-corrected chi connectivity index (χ2v) is 7.62. The van der Waals surface area contributed by atoms with E-state index in [1.807, 2.05) is 0 Å². The van der Waals surface area contributed by atoms with Gasteiger partial charge in [0.2, 0.25) is 0 Å². The molecule has 0 aromatic heterocycles. The summed E-state index contributed by atoms with van der Waals surface area (Å²) in [6, 6.07) is 17.8. The molecule has 4 aromatic carbocycles. The molecular formula is C20H14Br2. The van der Waals surface area contributed by atoms with E-state index in [2.05, 4.69) is 94.2 Å². The van der Waals surface area contributed by atoms with E-state index in [4.69, 9.17) is 0 Å².